The first kappa shape index (κ1) is 22.3. The number of allylic oxidation sites excluding steroid dienone is 1. The van der Waals surface area contributed by atoms with Crippen molar-refractivity contribution in [2.45, 2.75) is 40.2 Å². The van der Waals surface area contributed by atoms with E-state index in [0.29, 0.717) is 35.5 Å². The highest BCUT2D eigenvalue weighted by atomic mass is 19.1. The Bertz CT molecular complexity index is 1030. The first-order valence-electron chi connectivity index (χ1n) is 11.4. The van der Waals surface area contributed by atoms with E-state index >= 15 is 0 Å². The van der Waals surface area contributed by atoms with Crippen molar-refractivity contribution in [3.8, 4) is 11.5 Å². The van der Waals surface area contributed by atoms with Crippen LogP contribution in [0.3, 0.4) is 0 Å². The lowest BCUT2D eigenvalue weighted by molar-refractivity contribution is 0.218. The molecule has 2 heterocycles. The molecular formula is C26H31FN4O. The second-order valence-corrected chi connectivity index (χ2v) is 9.12. The average molecular weight is 435 g/mol. The van der Waals surface area contributed by atoms with E-state index in [0.717, 1.165) is 37.1 Å². The molecule has 1 aliphatic carbocycles. The van der Waals surface area contributed by atoms with Crippen LogP contribution in [0.25, 0.3) is 11.5 Å². The molecule has 0 saturated carbocycles. The highest BCUT2D eigenvalue weighted by molar-refractivity contribution is 5.49. The summed E-state index contributed by atoms with van der Waals surface area (Å²) in [5.74, 6) is 3.03. The van der Waals surface area contributed by atoms with Gasteiger partial charge < -0.3 is 9.73 Å². The molecule has 0 amide bonds. The highest BCUT2D eigenvalue weighted by Gasteiger charge is 2.32. The topological polar surface area (TPSA) is 63.8 Å². The number of nitrogens with one attached hydrogen (secondary N) is 1. The second-order valence-electron chi connectivity index (χ2n) is 9.12. The largest absolute Gasteiger partial charge is 0.421 e. The SMILES string of the molecule is CC1=C[C@@H](CNCc2ccc(F)cc2)[C@H](C(C)C)C[C@H]1Cc1nnc(-c2cccnc2)o1. The minimum atomic E-state index is -0.195. The Morgan fingerprint density at radius 1 is 1.16 bits per heavy atom. The number of aromatic nitrogens is 3. The van der Waals surface area contributed by atoms with E-state index in [-0.39, 0.29) is 5.82 Å². The average Bonchev–Trinajstić information content (AvgIpc) is 3.26. The summed E-state index contributed by atoms with van der Waals surface area (Å²) >= 11 is 0. The molecule has 32 heavy (non-hydrogen) atoms. The van der Waals surface area contributed by atoms with Gasteiger partial charge in [-0.2, -0.15) is 0 Å². The van der Waals surface area contributed by atoms with E-state index in [2.05, 4.69) is 47.3 Å². The summed E-state index contributed by atoms with van der Waals surface area (Å²) in [6.45, 7) is 8.48. The summed E-state index contributed by atoms with van der Waals surface area (Å²) in [4.78, 5) is 4.12. The third kappa shape index (κ3) is 5.49. The van der Waals surface area contributed by atoms with Gasteiger partial charge >= 0.3 is 0 Å². The normalized spacial score (nSPS) is 21.0. The van der Waals surface area contributed by atoms with Crippen LogP contribution in [-0.2, 0) is 13.0 Å². The van der Waals surface area contributed by atoms with Gasteiger partial charge in [-0.1, -0.05) is 37.6 Å². The Morgan fingerprint density at radius 3 is 2.69 bits per heavy atom. The Hall–Kier alpha value is -2.86. The van der Waals surface area contributed by atoms with Crippen LogP contribution in [-0.4, -0.2) is 21.7 Å². The molecule has 4 rings (SSSR count). The van der Waals surface area contributed by atoms with Crippen LogP contribution in [0, 0.1) is 29.5 Å². The quantitative estimate of drug-likeness (QED) is 0.477. The van der Waals surface area contributed by atoms with Crippen LogP contribution >= 0.6 is 0 Å². The van der Waals surface area contributed by atoms with Crippen LogP contribution in [0.1, 0.15) is 38.6 Å². The molecule has 0 unspecified atom stereocenters. The lowest BCUT2D eigenvalue weighted by Crippen LogP contribution is -2.34. The zero-order valence-electron chi connectivity index (χ0n) is 19.0. The fraction of sp³-hybridized carbons (Fsp3) is 0.423. The molecule has 0 aliphatic heterocycles. The molecule has 3 aromatic rings. The minimum absolute atomic E-state index is 0.195. The van der Waals surface area contributed by atoms with E-state index in [1.165, 1.54) is 17.7 Å². The van der Waals surface area contributed by atoms with E-state index in [4.69, 9.17) is 4.42 Å². The summed E-state index contributed by atoms with van der Waals surface area (Å²) in [5, 5.41) is 12.1. The molecule has 0 saturated heterocycles. The van der Waals surface area contributed by atoms with Gasteiger partial charge in [0.15, 0.2) is 0 Å². The third-order valence-corrected chi connectivity index (χ3v) is 6.50. The Morgan fingerprint density at radius 2 is 1.97 bits per heavy atom. The number of pyridine rings is 1. The van der Waals surface area contributed by atoms with Crippen LogP contribution in [0.2, 0.25) is 0 Å². The highest BCUT2D eigenvalue weighted by Crippen LogP contribution is 2.38. The second kappa shape index (κ2) is 10.2. The number of halogens is 1. The summed E-state index contributed by atoms with van der Waals surface area (Å²) in [6, 6.07) is 10.5. The maximum Gasteiger partial charge on any atom is 0.249 e. The lowest BCUT2D eigenvalue weighted by atomic mass is 9.70. The molecule has 1 N–H and O–H groups in total. The van der Waals surface area contributed by atoms with Crippen molar-refractivity contribution in [3.05, 3.63) is 77.7 Å². The van der Waals surface area contributed by atoms with Gasteiger partial charge in [0.25, 0.3) is 0 Å². The maximum absolute atomic E-state index is 13.1. The summed E-state index contributed by atoms with van der Waals surface area (Å²) < 4.78 is 19.1. The standard InChI is InChI=1S/C26H31FN4O/c1-17(2)24-12-21(13-25-30-31-26(32-25)20-5-4-10-28-15-20)18(3)11-22(24)16-29-14-19-6-8-23(27)9-7-19/h4-11,15,17,21-22,24,29H,12-14,16H2,1-3H3/t21-,22-,24-/m0/s1. The lowest BCUT2D eigenvalue weighted by Gasteiger charge is -2.37. The molecule has 0 radical (unpaired) electrons. The number of benzene rings is 1. The van der Waals surface area contributed by atoms with Gasteiger partial charge in [-0.25, -0.2) is 4.39 Å². The molecular weight excluding hydrogens is 403 g/mol. The van der Waals surface area contributed by atoms with Crippen molar-refractivity contribution in [3.63, 3.8) is 0 Å². The van der Waals surface area contributed by atoms with Crippen LogP contribution < -0.4 is 5.32 Å². The van der Waals surface area contributed by atoms with Crippen LogP contribution in [0.4, 0.5) is 4.39 Å². The van der Waals surface area contributed by atoms with Gasteiger partial charge in [0.05, 0.1) is 5.56 Å². The van der Waals surface area contributed by atoms with E-state index in [1.807, 2.05) is 24.3 Å². The molecule has 1 aliphatic rings. The number of hydrogen-bond donors (Lipinski definition) is 1. The Labute approximate surface area is 189 Å². The molecule has 1 aromatic carbocycles. The summed E-state index contributed by atoms with van der Waals surface area (Å²) in [7, 11) is 0. The monoisotopic (exact) mass is 434 g/mol. The maximum atomic E-state index is 13.1. The zero-order valence-corrected chi connectivity index (χ0v) is 19.0. The Kier molecular flexibility index (Phi) is 7.10. The van der Waals surface area contributed by atoms with E-state index in [1.54, 1.807) is 12.4 Å². The van der Waals surface area contributed by atoms with Crippen molar-refractivity contribution < 1.29 is 8.81 Å². The van der Waals surface area contributed by atoms with Gasteiger partial charge in [-0.05, 0) is 66.8 Å². The number of nitrogens with zero attached hydrogens (tertiary/aromatic N) is 3. The van der Waals surface area contributed by atoms with Crippen molar-refractivity contribution >= 4 is 0 Å². The first-order valence-corrected chi connectivity index (χ1v) is 11.4. The van der Waals surface area contributed by atoms with Crippen molar-refractivity contribution in [2.75, 3.05) is 6.54 Å². The fourth-order valence-corrected chi connectivity index (χ4v) is 4.65. The minimum Gasteiger partial charge on any atom is -0.421 e. The molecule has 5 nitrogen and oxygen atoms in total. The van der Waals surface area contributed by atoms with Gasteiger partial charge in [-0.3, -0.25) is 4.98 Å². The number of hydrogen-bond acceptors (Lipinski definition) is 5. The molecule has 0 bridgehead atoms. The molecule has 168 valence electrons. The molecule has 3 atom stereocenters. The zero-order chi connectivity index (χ0) is 22.5. The fourth-order valence-electron chi connectivity index (χ4n) is 4.65. The summed E-state index contributed by atoms with van der Waals surface area (Å²) in [6.07, 6.45) is 7.76. The molecule has 0 fully saturated rings. The number of rotatable bonds is 8. The third-order valence-electron chi connectivity index (χ3n) is 6.50. The van der Waals surface area contributed by atoms with Crippen molar-refractivity contribution in [1.29, 1.82) is 0 Å². The van der Waals surface area contributed by atoms with Crippen molar-refractivity contribution in [2.24, 2.45) is 23.7 Å². The first-order chi connectivity index (χ1) is 15.5. The molecule has 2 aromatic heterocycles. The summed E-state index contributed by atoms with van der Waals surface area (Å²) in [5.41, 5.74) is 3.33. The van der Waals surface area contributed by atoms with Gasteiger partial charge in [0.1, 0.15) is 5.82 Å². The van der Waals surface area contributed by atoms with Crippen LogP contribution in [0.5, 0.6) is 0 Å². The van der Waals surface area contributed by atoms with Gasteiger partial charge in [-0.15, -0.1) is 10.2 Å². The van der Waals surface area contributed by atoms with E-state index in [9.17, 15) is 4.39 Å². The molecule has 6 heteroatoms. The van der Waals surface area contributed by atoms with Crippen LogP contribution in [0.15, 0.2) is 64.9 Å². The smallest absolute Gasteiger partial charge is 0.249 e. The van der Waals surface area contributed by atoms with Gasteiger partial charge in [0.2, 0.25) is 11.8 Å². The predicted octanol–water partition coefficient (Wildman–Crippen LogP) is 5.46. The Balaban J connectivity index is 1.39. The van der Waals surface area contributed by atoms with Crippen molar-refractivity contribution in [1.82, 2.24) is 20.5 Å². The van der Waals surface area contributed by atoms with Gasteiger partial charge in [0, 0.05) is 31.9 Å². The molecule has 0 spiro atoms. The predicted molar refractivity (Wildman–Crippen MR) is 123 cm³/mol. The van der Waals surface area contributed by atoms with E-state index < -0.39 is 0 Å².